The number of hydrogen-bond acceptors (Lipinski definition) is 5. The van der Waals surface area contributed by atoms with Crippen molar-refractivity contribution in [1.82, 2.24) is 24.8 Å². The van der Waals surface area contributed by atoms with Crippen molar-refractivity contribution in [2.75, 3.05) is 38.0 Å². The number of nitrogens with one attached hydrogen (secondary N) is 2. The molecule has 2 N–H and O–H groups in total. The van der Waals surface area contributed by atoms with E-state index in [9.17, 15) is 0 Å². The SMILES string of the molecule is CC.CC.CC.[B]C(C)(CCCC(C)(C)C)CNCCN1CCC(Nc2nc3ccccc3n2Cc2cccc(C)n2)CC1. The second-order valence-corrected chi connectivity index (χ2v) is 12.8. The molecular weight excluding hydrogens is 539 g/mol. The molecule has 4 rings (SSSR count). The summed E-state index contributed by atoms with van der Waals surface area (Å²) in [7, 11) is 6.56. The van der Waals surface area contributed by atoms with Crippen molar-refractivity contribution in [3.8, 4) is 0 Å². The van der Waals surface area contributed by atoms with E-state index in [1.165, 1.54) is 12.8 Å². The number of imidazole rings is 1. The lowest BCUT2D eigenvalue weighted by molar-refractivity contribution is 0.218. The van der Waals surface area contributed by atoms with Gasteiger partial charge in [-0.3, -0.25) is 4.98 Å². The Balaban J connectivity index is 0.00000152. The second-order valence-electron chi connectivity index (χ2n) is 12.8. The number of piperidine rings is 1. The monoisotopic (exact) mass is 605 g/mol. The largest absolute Gasteiger partial charge is 0.353 e. The van der Waals surface area contributed by atoms with Gasteiger partial charge in [0.15, 0.2) is 0 Å². The fourth-order valence-electron chi connectivity index (χ4n) is 5.40. The van der Waals surface area contributed by atoms with Crippen LogP contribution >= 0.6 is 0 Å². The summed E-state index contributed by atoms with van der Waals surface area (Å²) in [4.78, 5) is 12.2. The molecule has 1 aromatic carbocycles. The van der Waals surface area contributed by atoms with Crippen LogP contribution in [0.4, 0.5) is 5.95 Å². The molecular formula is C37H65BN6. The first-order valence-corrected chi connectivity index (χ1v) is 17.4. The van der Waals surface area contributed by atoms with Crippen LogP contribution in [0, 0.1) is 12.3 Å². The topological polar surface area (TPSA) is 58.0 Å². The fraction of sp³-hybridized carbons (Fsp3) is 0.676. The Bertz CT molecular complexity index is 1160. The molecule has 0 spiro atoms. The summed E-state index contributed by atoms with van der Waals surface area (Å²) in [5, 5.41) is 7.26. The van der Waals surface area contributed by atoms with Gasteiger partial charge in [-0.2, -0.15) is 0 Å². The molecule has 6 nitrogen and oxygen atoms in total. The first-order valence-electron chi connectivity index (χ1n) is 17.4. The van der Waals surface area contributed by atoms with Gasteiger partial charge in [0.2, 0.25) is 5.95 Å². The van der Waals surface area contributed by atoms with Crippen molar-refractivity contribution in [1.29, 1.82) is 0 Å². The number of para-hydroxylation sites is 2. The van der Waals surface area contributed by atoms with Crippen molar-refractivity contribution in [2.24, 2.45) is 5.41 Å². The highest BCUT2D eigenvalue weighted by molar-refractivity contribution is 6.15. The van der Waals surface area contributed by atoms with E-state index < -0.39 is 0 Å². The van der Waals surface area contributed by atoms with Crippen LogP contribution in [0.15, 0.2) is 42.5 Å². The first kappa shape index (κ1) is 39.6. The van der Waals surface area contributed by atoms with Gasteiger partial charge >= 0.3 is 0 Å². The zero-order chi connectivity index (χ0) is 33.2. The molecule has 1 unspecified atom stereocenters. The maximum absolute atomic E-state index is 6.56. The predicted octanol–water partition coefficient (Wildman–Crippen LogP) is 8.90. The van der Waals surface area contributed by atoms with E-state index in [1.807, 2.05) is 54.5 Å². The summed E-state index contributed by atoms with van der Waals surface area (Å²) < 4.78 is 2.28. The summed E-state index contributed by atoms with van der Waals surface area (Å²) in [6, 6.07) is 15.0. The van der Waals surface area contributed by atoms with E-state index >= 15 is 0 Å². The van der Waals surface area contributed by atoms with Gasteiger partial charge in [-0.1, -0.05) is 106 Å². The van der Waals surface area contributed by atoms with Gasteiger partial charge in [-0.05, 0) is 62.4 Å². The van der Waals surface area contributed by atoms with Gasteiger partial charge in [-0.25, -0.2) is 4.98 Å². The summed E-state index contributed by atoms with van der Waals surface area (Å²) >= 11 is 0. The first-order chi connectivity index (χ1) is 21.1. The Morgan fingerprint density at radius 2 is 1.52 bits per heavy atom. The van der Waals surface area contributed by atoms with Crippen molar-refractivity contribution in [3.05, 3.63) is 53.9 Å². The Kier molecular flexibility index (Phi) is 18.6. The van der Waals surface area contributed by atoms with E-state index in [-0.39, 0.29) is 5.31 Å². The number of hydrogen-bond donors (Lipinski definition) is 2. The molecule has 1 saturated heterocycles. The van der Waals surface area contributed by atoms with Gasteiger partial charge in [0.1, 0.15) is 0 Å². The molecule has 44 heavy (non-hydrogen) atoms. The Morgan fingerprint density at radius 1 is 0.864 bits per heavy atom. The van der Waals surface area contributed by atoms with E-state index in [0.29, 0.717) is 18.0 Å². The molecule has 0 aliphatic carbocycles. The Morgan fingerprint density at radius 3 is 2.16 bits per heavy atom. The maximum Gasteiger partial charge on any atom is 0.204 e. The van der Waals surface area contributed by atoms with Crippen molar-refractivity contribution < 1.29 is 0 Å². The van der Waals surface area contributed by atoms with Gasteiger partial charge < -0.3 is 20.1 Å². The molecule has 7 heteroatoms. The standard InChI is InChI=1S/C31H47BN6.3C2H6/c1-24-10-8-11-26(34-24)22-38-28-13-7-6-12-27(28)36-29(38)35-25-14-19-37(20-15-25)21-18-33-23-31(5,32)17-9-16-30(2,3)4;3*1-2/h6-8,10-13,25,33H,9,14-23H2,1-5H3,(H,35,36);3*1-2H3. The second kappa shape index (κ2) is 20.6. The van der Waals surface area contributed by atoms with Crippen molar-refractivity contribution >= 4 is 24.8 Å². The predicted molar refractivity (Wildman–Crippen MR) is 195 cm³/mol. The number of aryl methyl sites for hydroxylation is 1. The number of aromatic nitrogens is 3. The van der Waals surface area contributed by atoms with Crippen LogP contribution in [-0.4, -0.2) is 66.0 Å². The molecule has 0 amide bonds. The van der Waals surface area contributed by atoms with Crippen molar-refractivity contribution in [2.45, 2.75) is 126 Å². The highest BCUT2D eigenvalue weighted by atomic mass is 15.2. The molecule has 0 bridgehead atoms. The van der Waals surface area contributed by atoms with E-state index in [0.717, 1.165) is 80.4 Å². The zero-order valence-electron chi connectivity index (χ0n) is 30.3. The Labute approximate surface area is 272 Å². The average molecular weight is 605 g/mol. The molecule has 1 aliphatic rings. The molecule has 1 aliphatic heterocycles. The van der Waals surface area contributed by atoms with Gasteiger partial charge in [0.05, 0.1) is 31.1 Å². The van der Waals surface area contributed by atoms with Crippen LogP contribution in [0.5, 0.6) is 0 Å². The number of nitrogens with zero attached hydrogens (tertiary/aromatic N) is 4. The molecule has 3 heterocycles. The number of rotatable bonds is 12. The third-order valence-electron chi connectivity index (χ3n) is 7.65. The lowest BCUT2D eigenvalue weighted by Crippen LogP contribution is -2.43. The molecule has 2 radical (unpaired) electrons. The summed E-state index contributed by atoms with van der Waals surface area (Å²) in [5.74, 6) is 0.948. The molecule has 246 valence electrons. The van der Waals surface area contributed by atoms with Crippen LogP contribution in [0.3, 0.4) is 0 Å². The molecule has 0 saturated carbocycles. The summed E-state index contributed by atoms with van der Waals surface area (Å²) in [6.45, 7) is 29.0. The normalized spacial score (nSPS) is 15.2. The number of anilines is 1. The van der Waals surface area contributed by atoms with Crippen LogP contribution in [-0.2, 0) is 6.54 Å². The number of pyridine rings is 1. The Hall–Kier alpha value is -2.38. The molecule has 3 aromatic rings. The number of fused-ring (bicyclic) bond motifs is 1. The summed E-state index contributed by atoms with van der Waals surface area (Å²) in [5.41, 5.74) is 4.65. The highest BCUT2D eigenvalue weighted by Gasteiger charge is 2.22. The number of likely N-dealkylation sites (tertiary alicyclic amines) is 1. The van der Waals surface area contributed by atoms with Crippen molar-refractivity contribution in [3.63, 3.8) is 0 Å². The quantitative estimate of drug-likeness (QED) is 0.160. The zero-order valence-corrected chi connectivity index (χ0v) is 30.3. The molecule has 2 aromatic heterocycles. The molecule has 1 fully saturated rings. The highest BCUT2D eigenvalue weighted by Crippen LogP contribution is 2.31. The minimum atomic E-state index is -0.137. The minimum absolute atomic E-state index is 0.137. The van der Waals surface area contributed by atoms with Crippen LogP contribution in [0.2, 0.25) is 5.31 Å². The molecule has 1 atom stereocenters. The lowest BCUT2D eigenvalue weighted by Gasteiger charge is -2.33. The summed E-state index contributed by atoms with van der Waals surface area (Å²) in [6.07, 6.45) is 5.72. The van der Waals surface area contributed by atoms with Gasteiger partial charge in [0, 0.05) is 37.9 Å². The fourth-order valence-corrected chi connectivity index (χ4v) is 5.40. The smallest absolute Gasteiger partial charge is 0.204 e. The van der Waals surface area contributed by atoms with E-state index in [4.69, 9.17) is 17.8 Å². The average Bonchev–Trinajstić information content (AvgIpc) is 3.35. The van der Waals surface area contributed by atoms with Crippen LogP contribution < -0.4 is 10.6 Å². The third kappa shape index (κ3) is 14.2. The van der Waals surface area contributed by atoms with Gasteiger partial charge in [0.25, 0.3) is 0 Å². The van der Waals surface area contributed by atoms with E-state index in [1.54, 1.807) is 0 Å². The van der Waals surface area contributed by atoms with E-state index in [2.05, 4.69) is 84.2 Å². The van der Waals surface area contributed by atoms with Gasteiger partial charge in [-0.15, -0.1) is 0 Å². The van der Waals surface area contributed by atoms with Crippen LogP contribution in [0.25, 0.3) is 11.0 Å². The minimum Gasteiger partial charge on any atom is -0.353 e. The number of benzene rings is 1. The van der Waals surface area contributed by atoms with Crippen LogP contribution in [0.1, 0.15) is 113 Å². The lowest BCUT2D eigenvalue weighted by atomic mass is 9.66. The third-order valence-corrected chi connectivity index (χ3v) is 7.65. The maximum atomic E-state index is 6.56.